The standard InChI is InChI=1S/C12H15BrF3NO/c1-8(17)6-9-7-10(2-3-11(9)13)18-5-4-12(14,15)16/h2-3,7-8H,4-6,17H2,1H3. The first-order valence-corrected chi connectivity index (χ1v) is 6.31. The first-order valence-electron chi connectivity index (χ1n) is 5.51. The molecular formula is C12H15BrF3NO. The predicted octanol–water partition coefficient (Wildman–Crippen LogP) is 3.67. The summed E-state index contributed by atoms with van der Waals surface area (Å²) < 4.78 is 41.9. The number of ether oxygens (including phenoxy) is 1. The number of hydrogen-bond donors (Lipinski definition) is 1. The first-order chi connectivity index (χ1) is 8.28. The van der Waals surface area contributed by atoms with Crippen molar-refractivity contribution in [2.45, 2.75) is 32.0 Å². The molecular weight excluding hydrogens is 311 g/mol. The van der Waals surface area contributed by atoms with Gasteiger partial charge in [-0.2, -0.15) is 13.2 Å². The van der Waals surface area contributed by atoms with Crippen LogP contribution in [0.3, 0.4) is 0 Å². The summed E-state index contributed by atoms with van der Waals surface area (Å²) in [6, 6.07) is 5.07. The van der Waals surface area contributed by atoms with Crippen LogP contribution in [0, 0.1) is 0 Å². The number of rotatable bonds is 5. The van der Waals surface area contributed by atoms with Crippen LogP contribution in [0.2, 0.25) is 0 Å². The number of benzene rings is 1. The molecule has 1 aromatic carbocycles. The van der Waals surface area contributed by atoms with Crippen LogP contribution < -0.4 is 10.5 Å². The van der Waals surface area contributed by atoms with E-state index >= 15 is 0 Å². The van der Waals surface area contributed by atoms with Crippen molar-refractivity contribution in [3.05, 3.63) is 28.2 Å². The van der Waals surface area contributed by atoms with Gasteiger partial charge in [0.1, 0.15) is 5.75 Å². The second-order valence-electron chi connectivity index (χ2n) is 4.15. The Hall–Kier alpha value is -0.750. The maximum Gasteiger partial charge on any atom is 0.392 e. The van der Waals surface area contributed by atoms with Gasteiger partial charge in [-0.15, -0.1) is 0 Å². The SMILES string of the molecule is CC(N)Cc1cc(OCCC(F)(F)F)ccc1Br. The molecule has 102 valence electrons. The van der Waals surface area contributed by atoms with Crippen LogP contribution in [0.4, 0.5) is 13.2 Å². The molecule has 0 saturated carbocycles. The summed E-state index contributed by atoms with van der Waals surface area (Å²) in [4.78, 5) is 0. The molecule has 0 heterocycles. The Balaban J connectivity index is 2.61. The van der Waals surface area contributed by atoms with Crippen molar-refractivity contribution >= 4 is 15.9 Å². The number of nitrogens with two attached hydrogens (primary N) is 1. The van der Waals surface area contributed by atoms with Gasteiger partial charge in [0.05, 0.1) is 13.0 Å². The van der Waals surface area contributed by atoms with E-state index in [0.717, 1.165) is 10.0 Å². The fourth-order valence-electron chi connectivity index (χ4n) is 1.43. The van der Waals surface area contributed by atoms with Gasteiger partial charge >= 0.3 is 6.18 Å². The number of halogens is 4. The van der Waals surface area contributed by atoms with E-state index in [1.807, 2.05) is 6.92 Å². The molecule has 0 aliphatic heterocycles. The maximum absolute atomic E-state index is 12.0. The van der Waals surface area contributed by atoms with E-state index in [1.165, 1.54) is 0 Å². The Morgan fingerprint density at radius 2 is 2.06 bits per heavy atom. The largest absolute Gasteiger partial charge is 0.493 e. The fourth-order valence-corrected chi connectivity index (χ4v) is 1.84. The molecule has 1 aromatic rings. The Kier molecular flexibility index (Phi) is 5.47. The molecule has 0 fully saturated rings. The van der Waals surface area contributed by atoms with Crippen LogP contribution in [0.25, 0.3) is 0 Å². The fraction of sp³-hybridized carbons (Fsp3) is 0.500. The molecule has 0 aliphatic carbocycles. The second-order valence-corrected chi connectivity index (χ2v) is 5.00. The maximum atomic E-state index is 12.0. The minimum absolute atomic E-state index is 0.0216. The van der Waals surface area contributed by atoms with E-state index in [0.29, 0.717) is 12.2 Å². The van der Waals surface area contributed by atoms with Gasteiger partial charge in [0.2, 0.25) is 0 Å². The predicted molar refractivity (Wildman–Crippen MR) is 67.7 cm³/mol. The highest BCUT2D eigenvalue weighted by Gasteiger charge is 2.26. The molecule has 1 rings (SSSR count). The van der Waals surface area contributed by atoms with Crippen LogP contribution >= 0.6 is 15.9 Å². The molecule has 6 heteroatoms. The average molecular weight is 326 g/mol. The van der Waals surface area contributed by atoms with Gasteiger partial charge in [-0.3, -0.25) is 0 Å². The molecule has 0 spiro atoms. The van der Waals surface area contributed by atoms with E-state index in [4.69, 9.17) is 10.5 Å². The van der Waals surface area contributed by atoms with Crippen molar-refractivity contribution in [3.63, 3.8) is 0 Å². The smallest absolute Gasteiger partial charge is 0.392 e. The van der Waals surface area contributed by atoms with Gasteiger partial charge in [0.15, 0.2) is 0 Å². The number of alkyl halides is 3. The Morgan fingerprint density at radius 1 is 1.39 bits per heavy atom. The lowest BCUT2D eigenvalue weighted by molar-refractivity contribution is -0.139. The molecule has 2 N–H and O–H groups in total. The lowest BCUT2D eigenvalue weighted by Gasteiger charge is -2.12. The topological polar surface area (TPSA) is 35.2 Å². The highest BCUT2D eigenvalue weighted by Crippen LogP contribution is 2.25. The molecule has 1 unspecified atom stereocenters. The van der Waals surface area contributed by atoms with Crippen molar-refractivity contribution in [3.8, 4) is 5.75 Å². The zero-order valence-electron chi connectivity index (χ0n) is 9.93. The third-order valence-corrected chi connectivity index (χ3v) is 2.99. The van der Waals surface area contributed by atoms with Crippen molar-refractivity contribution < 1.29 is 17.9 Å². The third-order valence-electron chi connectivity index (χ3n) is 2.21. The van der Waals surface area contributed by atoms with Crippen LogP contribution in [0.1, 0.15) is 18.9 Å². The van der Waals surface area contributed by atoms with Crippen LogP contribution in [-0.2, 0) is 6.42 Å². The van der Waals surface area contributed by atoms with Gasteiger partial charge in [0.25, 0.3) is 0 Å². The second kappa shape index (κ2) is 6.43. The molecule has 0 aromatic heterocycles. The molecule has 0 radical (unpaired) electrons. The monoisotopic (exact) mass is 325 g/mol. The third kappa shape index (κ3) is 5.73. The first kappa shape index (κ1) is 15.3. The number of hydrogen-bond acceptors (Lipinski definition) is 2. The van der Waals surface area contributed by atoms with E-state index in [9.17, 15) is 13.2 Å². The Bertz CT molecular complexity index is 393. The summed E-state index contributed by atoms with van der Waals surface area (Å²) in [6.45, 7) is 1.49. The van der Waals surface area contributed by atoms with Crippen molar-refractivity contribution in [2.24, 2.45) is 5.73 Å². The van der Waals surface area contributed by atoms with Gasteiger partial charge in [-0.05, 0) is 37.1 Å². The lowest BCUT2D eigenvalue weighted by Crippen LogP contribution is -2.18. The summed E-state index contributed by atoms with van der Waals surface area (Å²) in [7, 11) is 0. The van der Waals surface area contributed by atoms with E-state index < -0.39 is 12.6 Å². The van der Waals surface area contributed by atoms with E-state index in [2.05, 4.69) is 15.9 Å². The van der Waals surface area contributed by atoms with E-state index in [1.54, 1.807) is 18.2 Å². The molecule has 0 aliphatic rings. The summed E-state index contributed by atoms with van der Waals surface area (Å²) in [5, 5.41) is 0. The average Bonchev–Trinajstić information content (AvgIpc) is 2.20. The summed E-state index contributed by atoms with van der Waals surface area (Å²) in [6.07, 6.45) is -4.51. The minimum Gasteiger partial charge on any atom is -0.493 e. The van der Waals surface area contributed by atoms with Crippen molar-refractivity contribution in [2.75, 3.05) is 6.61 Å². The van der Waals surface area contributed by atoms with Crippen LogP contribution in [-0.4, -0.2) is 18.8 Å². The van der Waals surface area contributed by atoms with Gasteiger partial charge in [0, 0.05) is 10.5 Å². The molecule has 2 nitrogen and oxygen atoms in total. The molecule has 0 saturated heterocycles. The molecule has 0 bridgehead atoms. The van der Waals surface area contributed by atoms with Gasteiger partial charge < -0.3 is 10.5 Å². The summed E-state index contributed by atoms with van der Waals surface area (Å²) in [5.41, 5.74) is 6.62. The Labute approximate surface area is 112 Å². The zero-order chi connectivity index (χ0) is 13.8. The zero-order valence-corrected chi connectivity index (χ0v) is 11.5. The van der Waals surface area contributed by atoms with Crippen molar-refractivity contribution in [1.82, 2.24) is 0 Å². The lowest BCUT2D eigenvalue weighted by atomic mass is 10.1. The van der Waals surface area contributed by atoms with Crippen molar-refractivity contribution in [1.29, 1.82) is 0 Å². The summed E-state index contributed by atoms with van der Waals surface area (Å²) in [5.74, 6) is 0.429. The van der Waals surface area contributed by atoms with Crippen LogP contribution in [0.5, 0.6) is 5.75 Å². The van der Waals surface area contributed by atoms with Gasteiger partial charge in [-0.1, -0.05) is 15.9 Å². The highest BCUT2D eigenvalue weighted by molar-refractivity contribution is 9.10. The molecule has 18 heavy (non-hydrogen) atoms. The van der Waals surface area contributed by atoms with Crippen LogP contribution in [0.15, 0.2) is 22.7 Å². The highest BCUT2D eigenvalue weighted by atomic mass is 79.9. The summed E-state index contributed by atoms with van der Waals surface area (Å²) >= 11 is 3.37. The minimum atomic E-state index is -4.19. The van der Waals surface area contributed by atoms with E-state index in [-0.39, 0.29) is 12.6 Å². The van der Waals surface area contributed by atoms with Gasteiger partial charge in [-0.25, -0.2) is 0 Å². The molecule has 0 amide bonds. The normalized spacial score (nSPS) is 13.4. The Morgan fingerprint density at radius 3 is 2.61 bits per heavy atom. The quantitative estimate of drug-likeness (QED) is 0.896. The molecule has 1 atom stereocenters.